The van der Waals surface area contributed by atoms with Crippen molar-refractivity contribution in [1.29, 1.82) is 0 Å². The first-order valence-electron chi connectivity index (χ1n) is 5.32. The number of benzene rings is 1. The minimum absolute atomic E-state index is 0.117. The van der Waals surface area contributed by atoms with Crippen LogP contribution in [-0.4, -0.2) is 17.9 Å². The molecule has 0 aliphatic heterocycles. The molecule has 0 unspecified atom stereocenters. The number of rotatable bonds is 3. The molecule has 1 amide bonds. The number of carbonyl (C=O) groups is 1. The zero-order valence-electron chi connectivity index (χ0n) is 9.95. The van der Waals surface area contributed by atoms with Crippen LogP contribution in [0.3, 0.4) is 0 Å². The third kappa shape index (κ3) is 2.80. The Labute approximate surface area is 114 Å². The van der Waals surface area contributed by atoms with Crippen molar-refractivity contribution in [2.24, 2.45) is 0 Å². The Morgan fingerprint density at radius 1 is 1.33 bits per heavy atom. The molecule has 1 aromatic carbocycles. The molecule has 0 aliphatic rings. The van der Waals surface area contributed by atoms with E-state index in [1.54, 1.807) is 19.2 Å². The molecular formula is C12H12ClN3OS. The van der Waals surface area contributed by atoms with Crippen molar-refractivity contribution in [2.75, 3.05) is 12.4 Å². The second-order valence-electron chi connectivity index (χ2n) is 3.64. The summed E-state index contributed by atoms with van der Waals surface area (Å²) in [7, 11) is 1.60. The summed E-state index contributed by atoms with van der Waals surface area (Å²) in [5.41, 5.74) is 1.60. The summed E-state index contributed by atoms with van der Waals surface area (Å²) in [5.74, 6) is -0.117. The van der Waals surface area contributed by atoms with Crippen LogP contribution in [-0.2, 0) is 0 Å². The van der Waals surface area contributed by atoms with Gasteiger partial charge in [0.05, 0.1) is 5.69 Å². The van der Waals surface area contributed by atoms with Crippen molar-refractivity contribution in [3.8, 4) is 0 Å². The Morgan fingerprint density at radius 2 is 2.00 bits per heavy atom. The monoisotopic (exact) mass is 281 g/mol. The summed E-state index contributed by atoms with van der Waals surface area (Å²) in [6.07, 6.45) is 0. The van der Waals surface area contributed by atoms with Crippen LogP contribution in [0.15, 0.2) is 24.3 Å². The van der Waals surface area contributed by atoms with Crippen molar-refractivity contribution in [1.82, 2.24) is 10.3 Å². The Kier molecular flexibility index (Phi) is 3.84. The number of nitrogens with zero attached hydrogens (tertiary/aromatic N) is 1. The first-order valence-corrected chi connectivity index (χ1v) is 6.51. The van der Waals surface area contributed by atoms with E-state index in [0.717, 1.165) is 11.4 Å². The number of nitrogens with one attached hydrogen (secondary N) is 2. The van der Waals surface area contributed by atoms with Crippen LogP contribution >= 0.6 is 22.9 Å². The molecule has 0 saturated heterocycles. The highest BCUT2D eigenvalue weighted by molar-refractivity contribution is 7.17. The van der Waals surface area contributed by atoms with Gasteiger partial charge in [-0.3, -0.25) is 4.79 Å². The van der Waals surface area contributed by atoms with Crippen LogP contribution in [0, 0.1) is 6.92 Å². The molecule has 2 rings (SSSR count). The molecule has 2 aromatic rings. The number of amides is 1. The first kappa shape index (κ1) is 12.9. The predicted molar refractivity (Wildman–Crippen MR) is 75.0 cm³/mol. The summed E-state index contributed by atoms with van der Waals surface area (Å²) in [6.45, 7) is 1.81. The van der Waals surface area contributed by atoms with Crippen molar-refractivity contribution in [3.63, 3.8) is 0 Å². The highest BCUT2D eigenvalue weighted by atomic mass is 35.5. The van der Waals surface area contributed by atoms with Crippen molar-refractivity contribution in [2.45, 2.75) is 6.92 Å². The summed E-state index contributed by atoms with van der Waals surface area (Å²) >= 11 is 7.13. The van der Waals surface area contributed by atoms with E-state index < -0.39 is 0 Å². The molecule has 94 valence electrons. The molecule has 0 saturated carbocycles. The van der Waals surface area contributed by atoms with Gasteiger partial charge in [-0.05, 0) is 31.2 Å². The molecule has 0 radical (unpaired) electrons. The molecule has 0 spiro atoms. The Hall–Kier alpha value is -1.59. The van der Waals surface area contributed by atoms with E-state index in [1.807, 2.05) is 19.1 Å². The van der Waals surface area contributed by atoms with Gasteiger partial charge in [0.15, 0.2) is 5.13 Å². The van der Waals surface area contributed by atoms with Crippen molar-refractivity contribution in [3.05, 3.63) is 39.9 Å². The average Bonchev–Trinajstić information content (AvgIpc) is 2.72. The summed E-state index contributed by atoms with van der Waals surface area (Å²) in [5, 5.41) is 7.10. The van der Waals surface area contributed by atoms with Crippen LogP contribution in [0.5, 0.6) is 0 Å². The smallest absolute Gasteiger partial charge is 0.263 e. The van der Waals surface area contributed by atoms with Gasteiger partial charge in [-0.15, -0.1) is 0 Å². The highest BCUT2D eigenvalue weighted by Gasteiger charge is 2.13. The van der Waals surface area contributed by atoms with Gasteiger partial charge in [-0.25, -0.2) is 4.98 Å². The van der Waals surface area contributed by atoms with Gasteiger partial charge in [0.25, 0.3) is 5.91 Å². The second-order valence-corrected chi connectivity index (χ2v) is 5.08. The van der Waals surface area contributed by atoms with Gasteiger partial charge in [-0.2, -0.15) is 0 Å². The lowest BCUT2D eigenvalue weighted by Gasteiger charge is -2.01. The summed E-state index contributed by atoms with van der Waals surface area (Å²) in [6, 6.07) is 7.31. The van der Waals surface area contributed by atoms with Gasteiger partial charge in [0.1, 0.15) is 4.88 Å². The number of anilines is 2. The van der Waals surface area contributed by atoms with Crippen LogP contribution in [0.1, 0.15) is 15.4 Å². The van der Waals surface area contributed by atoms with Gasteiger partial charge in [0, 0.05) is 17.8 Å². The van der Waals surface area contributed by atoms with E-state index in [2.05, 4.69) is 15.6 Å². The third-order valence-corrected chi connectivity index (χ3v) is 3.65. The van der Waals surface area contributed by atoms with Crippen LogP contribution in [0.2, 0.25) is 5.02 Å². The number of aromatic nitrogens is 1. The number of thiazole rings is 1. The zero-order valence-corrected chi connectivity index (χ0v) is 11.5. The maximum atomic E-state index is 11.6. The van der Waals surface area contributed by atoms with E-state index in [4.69, 9.17) is 11.6 Å². The quantitative estimate of drug-likeness (QED) is 0.908. The van der Waals surface area contributed by atoms with E-state index in [0.29, 0.717) is 15.0 Å². The first-order chi connectivity index (χ1) is 8.60. The van der Waals surface area contributed by atoms with E-state index in [1.165, 1.54) is 11.3 Å². The molecule has 0 aliphatic carbocycles. The molecule has 2 N–H and O–H groups in total. The molecule has 1 heterocycles. The van der Waals surface area contributed by atoms with Crippen molar-refractivity contribution >= 4 is 39.7 Å². The number of hydrogen-bond acceptors (Lipinski definition) is 4. The van der Waals surface area contributed by atoms with Gasteiger partial charge in [-0.1, -0.05) is 22.9 Å². The largest absolute Gasteiger partial charge is 0.354 e. The average molecular weight is 282 g/mol. The van der Waals surface area contributed by atoms with Gasteiger partial charge < -0.3 is 10.6 Å². The summed E-state index contributed by atoms with van der Waals surface area (Å²) < 4.78 is 0. The fourth-order valence-electron chi connectivity index (χ4n) is 1.43. The molecule has 0 fully saturated rings. The summed E-state index contributed by atoms with van der Waals surface area (Å²) in [4.78, 5) is 16.5. The molecule has 0 atom stereocenters. The topological polar surface area (TPSA) is 54.0 Å². The lowest BCUT2D eigenvalue weighted by molar-refractivity contribution is 0.0966. The van der Waals surface area contributed by atoms with Crippen LogP contribution in [0.4, 0.5) is 10.8 Å². The van der Waals surface area contributed by atoms with Crippen LogP contribution in [0.25, 0.3) is 0 Å². The highest BCUT2D eigenvalue weighted by Crippen LogP contribution is 2.26. The molecule has 18 heavy (non-hydrogen) atoms. The number of halogens is 1. The minimum Gasteiger partial charge on any atom is -0.354 e. The third-order valence-electron chi connectivity index (χ3n) is 2.33. The van der Waals surface area contributed by atoms with Gasteiger partial charge in [0.2, 0.25) is 0 Å². The number of carbonyl (C=O) groups excluding carboxylic acids is 1. The van der Waals surface area contributed by atoms with Gasteiger partial charge >= 0.3 is 0 Å². The molecule has 1 aromatic heterocycles. The standard InChI is InChI=1S/C12H12ClN3OS/c1-7-10(11(17)14-2)18-12(15-7)16-9-5-3-8(13)4-6-9/h3-6H,1-2H3,(H,14,17)(H,15,16). The minimum atomic E-state index is -0.117. The second kappa shape index (κ2) is 5.37. The lowest BCUT2D eigenvalue weighted by atomic mass is 10.3. The molecule has 4 nitrogen and oxygen atoms in total. The Balaban J connectivity index is 2.20. The lowest BCUT2D eigenvalue weighted by Crippen LogP contribution is -2.17. The molecule has 6 heteroatoms. The Bertz CT molecular complexity index is 565. The normalized spacial score (nSPS) is 10.2. The predicted octanol–water partition coefficient (Wildman–Crippen LogP) is 3.21. The van der Waals surface area contributed by atoms with E-state index in [-0.39, 0.29) is 5.91 Å². The molecule has 0 bridgehead atoms. The Morgan fingerprint density at radius 3 is 2.61 bits per heavy atom. The molecular weight excluding hydrogens is 270 g/mol. The number of aryl methyl sites for hydroxylation is 1. The fraction of sp³-hybridized carbons (Fsp3) is 0.167. The maximum Gasteiger partial charge on any atom is 0.263 e. The van der Waals surface area contributed by atoms with Crippen molar-refractivity contribution < 1.29 is 4.79 Å². The maximum absolute atomic E-state index is 11.6. The number of hydrogen-bond donors (Lipinski definition) is 2. The van der Waals surface area contributed by atoms with E-state index >= 15 is 0 Å². The van der Waals surface area contributed by atoms with E-state index in [9.17, 15) is 4.79 Å². The SMILES string of the molecule is CNC(=O)c1sc(Nc2ccc(Cl)cc2)nc1C. The van der Waals surface area contributed by atoms with Crippen LogP contribution < -0.4 is 10.6 Å². The fourth-order valence-corrected chi connectivity index (χ4v) is 2.49. The zero-order chi connectivity index (χ0) is 13.1.